The first-order chi connectivity index (χ1) is 9.70. The minimum atomic E-state index is -0.0948. The van der Waals surface area contributed by atoms with Crippen molar-refractivity contribution < 1.29 is 9.90 Å². The summed E-state index contributed by atoms with van der Waals surface area (Å²) in [4.78, 5) is 16.1. The molecule has 2 N–H and O–H groups in total. The molecule has 2 aromatic rings. The molecule has 4 heteroatoms. The Balaban J connectivity index is 1.86. The first kappa shape index (κ1) is 14.2. The average molecular weight is 270 g/mol. The molecule has 0 aliphatic carbocycles. The van der Waals surface area contributed by atoms with Crippen molar-refractivity contribution in [1.29, 1.82) is 0 Å². The molecule has 0 aliphatic rings. The maximum absolute atomic E-state index is 12.0. The predicted octanol–water partition coefficient (Wildman–Crippen LogP) is 1.85. The minimum Gasteiger partial charge on any atom is -0.392 e. The Morgan fingerprint density at radius 2 is 1.90 bits per heavy atom. The minimum absolute atomic E-state index is 0.0529. The van der Waals surface area contributed by atoms with Crippen molar-refractivity contribution >= 4 is 5.91 Å². The van der Waals surface area contributed by atoms with Crippen LogP contribution in [0, 0.1) is 6.92 Å². The van der Waals surface area contributed by atoms with Gasteiger partial charge in [0.1, 0.15) is 0 Å². The first-order valence-electron chi connectivity index (χ1n) is 6.59. The lowest BCUT2D eigenvalue weighted by Gasteiger charge is -2.07. The summed E-state index contributed by atoms with van der Waals surface area (Å²) in [6, 6.07) is 11.2. The Kier molecular flexibility index (Phi) is 4.85. The van der Waals surface area contributed by atoms with E-state index in [1.54, 1.807) is 18.3 Å². The smallest absolute Gasteiger partial charge is 0.253 e. The number of nitrogens with zero attached hydrogens (tertiary/aromatic N) is 1. The first-order valence-corrected chi connectivity index (χ1v) is 6.59. The third kappa shape index (κ3) is 3.65. The Morgan fingerprint density at radius 3 is 2.55 bits per heavy atom. The molecule has 0 bridgehead atoms. The summed E-state index contributed by atoms with van der Waals surface area (Å²) in [5.41, 5.74) is 3.37. The van der Waals surface area contributed by atoms with Crippen LogP contribution in [0.15, 0.2) is 42.6 Å². The lowest BCUT2D eigenvalue weighted by atomic mass is 10.1. The van der Waals surface area contributed by atoms with Crippen LogP contribution in [-0.4, -0.2) is 22.5 Å². The van der Waals surface area contributed by atoms with Gasteiger partial charge in [-0.15, -0.1) is 0 Å². The standard InChI is InChI=1S/C16H18N2O2/c1-12-15(3-2-9-17-12)16(20)18-10-8-13-4-6-14(11-19)7-5-13/h2-7,9,19H,8,10-11H2,1H3,(H,18,20). The van der Waals surface area contributed by atoms with Gasteiger partial charge in [-0.05, 0) is 36.6 Å². The number of aryl methyl sites for hydroxylation is 1. The highest BCUT2D eigenvalue weighted by Crippen LogP contribution is 2.06. The van der Waals surface area contributed by atoms with Gasteiger partial charge in [-0.2, -0.15) is 0 Å². The summed E-state index contributed by atoms with van der Waals surface area (Å²) in [6.45, 7) is 2.45. The van der Waals surface area contributed by atoms with Crippen molar-refractivity contribution in [1.82, 2.24) is 10.3 Å². The number of nitrogens with one attached hydrogen (secondary N) is 1. The third-order valence-electron chi connectivity index (χ3n) is 3.16. The van der Waals surface area contributed by atoms with Crippen LogP contribution in [0.2, 0.25) is 0 Å². The fraction of sp³-hybridized carbons (Fsp3) is 0.250. The van der Waals surface area contributed by atoms with Crippen molar-refractivity contribution in [2.75, 3.05) is 6.54 Å². The van der Waals surface area contributed by atoms with Crippen molar-refractivity contribution in [2.45, 2.75) is 20.0 Å². The zero-order chi connectivity index (χ0) is 14.4. The van der Waals surface area contributed by atoms with Crippen molar-refractivity contribution in [3.63, 3.8) is 0 Å². The zero-order valence-corrected chi connectivity index (χ0v) is 11.5. The van der Waals surface area contributed by atoms with Crippen molar-refractivity contribution in [3.8, 4) is 0 Å². The van der Waals surface area contributed by atoms with E-state index in [4.69, 9.17) is 5.11 Å². The number of aromatic nitrogens is 1. The molecule has 1 aromatic carbocycles. The van der Waals surface area contributed by atoms with Crippen LogP contribution >= 0.6 is 0 Å². The SMILES string of the molecule is Cc1ncccc1C(=O)NCCc1ccc(CO)cc1. The highest BCUT2D eigenvalue weighted by Gasteiger charge is 2.08. The Hall–Kier alpha value is -2.20. The molecule has 2 rings (SSSR count). The van der Waals surface area contributed by atoms with Gasteiger partial charge in [0.05, 0.1) is 12.2 Å². The third-order valence-corrected chi connectivity index (χ3v) is 3.16. The van der Waals surface area contributed by atoms with Gasteiger partial charge in [-0.25, -0.2) is 0 Å². The monoisotopic (exact) mass is 270 g/mol. The number of carbonyl (C=O) groups excluding carboxylic acids is 1. The second-order valence-corrected chi connectivity index (χ2v) is 4.62. The van der Waals surface area contributed by atoms with Gasteiger partial charge in [0.15, 0.2) is 0 Å². The Bertz CT molecular complexity index is 579. The normalized spacial score (nSPS) is 10.3. The van der Waals surface area contributed by atoms with E-state index in [2.05, 4.69) is 10.3 Å². The molecule has 20 heavy (non-hydrogen) atoms. The molecule has 0 radical (unpaired) electrons. The van der Waals surface area contributed by atoms with E-state index in [9.17, 15) is 4.79 Å². The summed E-state index contributed by atoms with van der Waals surface area (Å²) in [7, 11) is 0. The number of pyridine rings is 1. The van der Waals surface area contributed by atoms with E-state index in [0.717, 1.165) is 23.2 Å². The molecule has 0 saturated carbocycles. The molecule has 1 heterocycles. The summed E-state index contributed by atoms with van der Waals surface area (Å²) in [5, 5.41) is 11.9. The van der Waals surface area contributed by atoms with E-state index < -0.39 is 0 Å². The summed E-state index contributed by atoms with van der Waals surface area (Å²) >= 11 is 0. The molecule has 0 fully saturated rings. The number of amides is 1. The van der Waals surface area contributed by atoms with E-state index in [0.29, 0.717) is 12.1 Å². The van der Waals surface area contributed by atoms with Gasteiger partial charge in [-0.1, -0.05) is 24.3 Å². The number of aliphatic hydroxyl groups excluding tert-OH is 1. The maximum atomic E-state index is 12.0. The van der Waals surface area contributed by atoms with Gasteiger partial charge in [-0.3, -0.25) is 9.78 Å². The van der Waals surface area contributed by atoms with Crippen LogP contribution in [0.4, 0.5) is 0 Å². The summed E-state index contributed by atoms with van der Waals surface area (Å²) in [5.74, 6) is -0.0948. The average Bonchev–Trinajstić information content (AvgIpc) is 2.48. The van der Waals surface area contributed by atoms with E-state index in [1.165, 1.54) is 0 Å². The molecule has 1 aromatic heterocycles. The van der Waals surface area contributed by atoms with Crippen LogP contribution in [0.3, 0.4) is 0 Å². The number of rotatable bonds is 5. The molecule has 104 valence electrons. The highest BCUT2D eigenvalue weighted by atomic mass is 16.3. The lowest BCUT2D eigenvalue weighted by molar-refractivity contribution is 0.0953. The maximum Gasteiger partial charge on any atom is 0.253 e. The topological polar surface area (TPSA) is 62.2 Å². The largest absolute Gasteiger partial charge is 0.392 e. The van der Waals surface area contributed by atoms with E-state index in [1.807, 2.05) is 31.2 Å². The van der Waals surface area contributed by atoms with Gasteiger partial charge in [0, 0.05) is 18.4 Å². The number of hydrogen-bond donors (Lipinski definition) is 2. The zero-order valence-electron chi connectivity index (χ0n) is 11.5. The van der Waals surface area contributed by atoms with Gasteiger partial charge in [0.2, 0.25) is 0 Å². The number of aliphatic hydroxyl groups is 1. The highest BCUT2D eigenvalue weighted by molar-refractivity contribution is 5.95. The molecular formula is C16H18N2O2. The molecule has 0 saturated heterocycles. The molecular weight excluding hydrogens is 252 g/mol. The Labute approximate surface area is 118 Å². The summed E-state index contributed by atoms with van der Waals surface area (Å²) < 4.78 is 0. The molecule has 0 spiro atoms. The molecule has 1 amide bonds. The predicted molar refractivity (Wildman–Crippen MR) is 77.4 cm³/mol. The summed E-state index contributed by atoms with van der Waals surface area (Å²) in [6.07, 6.45) is 2.44. The van der Waals surface area contributed by atoms with Gasteiger partial charge >= 0.3 is 0 Å². The fourth-order valence-corrected chi connectivity index (χ4v) is 1.95. The van der Waals surface area contributed by atoms with Crippen molar-refractivity contribution in [2.24, 2.45) is 0 Å². The van der Waals surface area contributed by atoms with Gasteiger partial charge < -0.3 is 10.4 Å². The van der Waals surface area contributed by atoms with E-state index >= 15 is 0 Å². The molecule has 4 nitrogen and oxygen atoms in total. The van der Waals surface area contributed by atoms with Crippen LogP contribution in [-0.2, 0) is 13.0 Å². The molecule has 0 unspecified atom stereocenters. The molecule has 0 aliphatic heterocycles. The van der Waals surface area contributed by atoms with Gasteiger partial charge in [0.25, 0.3) is 5.91 Å². The number of benzene rings is 1. The quantitative estimate of drug-likeness (QED) is 0.871. The van der Waals surface area contributed by atoms with E-state index in [-0.39, 0.29) is 12.5 Å². The molecule has 0 atom stereocenters. The fourth-order valence-electron chi connectivity index (χ4n) is 1.95. The second kappa shape index (κ2) is 6.82. The van der Waals surface area contributed by atoms with Crippen LogP contribution in [0.5, 0.6) is 0 Å². The lowest BCUT2D eigenvalue weighted by Crippen LogP contribution is -2.26. The van der Waals surface area contributed by atoms with Crippen LogP contribution in [0.1, 0.15) is 27.2 Å². The second-order valence-electron chi connectivity index (χ2n) is 4.62. The number of hydrogen-bond acceptors (Lipinski definition) is 3. The van der Waals surface area contributed by atoms with Crippen LogP contribution < -0.4 is 5.32 Å². The van der Waals surface area contributed by atoms with Crippen LogP contribution in [0.25, 0.3) is 0 Å². The van der Waals surface area contributed by atoms with Crippen molar-refractivity contribution in [3.05, 3.63) is 65.0 Å². The Morgan fingerprint density at radius 1 is 1.20 bits per heavy atom. The number of carbonyl (C=O) groups is 1.